The normalized spacial score (nSPS) is 21.3. The lowest BCUT2D eigenvalue weighted by molar-refractivity contribution is 0.780. The van der Waals surface area contributed by atoms with Gasteiger partial charge >= 0.3 is 0 Å². The van der Waals surface area contributed by atoms with Gasteiger partial charge in [-0.15, -0.1) is 0 Å². The van der Waals surface area contributed by atoms with Crippen LogP contribution in [0.5, 0.6) is 0 Å². The summed E-state index contributed by atoms with van der Waals surface area (Å²) in [6, 6.07) is 15.4. The largest absolute Gasteiger partial charge is 0.280 e. The van der Waals surface area contributed by atoms with Crippen molar-refractivity contribution in [2.45, 2.75) is 19.3 Å². The predicted molar refractivity (Wildman–Crippen MR) is 110 cm³/mol. The number of rotatable bonds is 2. The molecule has 26 heavy (non-hydrogen) atoms. The van der Waals surface area contributed by atoms with Crippen LogP contribution in [0.25, 0.3) is 11.6 Å². The lowest BCUT2D eigenvalue weighted by Gasteiger charge is -2.30. The van der Waals surface area contributed by atoms with Crippen molar-refractivity contribution in [3.05, 3.63) is 112 Å². The number of hydrogen-bond donors (Lipinski definition) is 0. The van der Waals surface area contributed by atoms with E-state index in [1.165, 1.54) is 22.3 Å². The molecule has 0 N–H and O–H groups in total. The molecule has 0 fully saturated rings. The Hall–Kier alpha value is -2.93. The van der Waals surface area contributed by atoms with E-state index in [1.54, 1.807) is 0 Å². The van der Waals surface area contributed by atoms with Crippen LogP contribution in [0.3, 0.4) is 0 Å². The fourth-order valence-corrected chi connectivity index (χ4v) is 3.78. The van der Waals surface area contributed by atoms with Crippen LogP contribution in [0.2, 0.25) is 0 Å². The molecule has 0 radical (unpaired) electrons. The molecule has 1 nitrogen and oxygen atoms in total. The zero-order valence-corrected chi connectivity index (χ0v) is 15.4. The summed E-state index contributed by atoms with van der Waals surface area (Å²) in [5.41, 5.74) is 5.98. The van der Waals surface area contributed by atoms with Gasteiger partial charge in [0.25, 0.3) is 0 Å². The first-order chi connectivity index (χ1) is 12.6. The maximum Gasteiger partial charge on any atom is 0.0651 e. The molecule has 4 rings (SSSR count). The van der Waals surface area contributed by atoms with Crippen LogP contribution in [0.1, 0.15) is 23.6 Å². The Morgan fingerprint density at radius 1 is 1.04 bits per heavy atom. The zero-order valence-electron chi connectivity index (χ0n) is 15.4. The molecule has 0 saturated heterocycles. The van der Waals surface area contributed by atoms with Crippen molar-refractivity contribution in [1.82, 2.24) is 0 Å². The molecule has 2 aliphatic rings. The topological polar surface area (TPSA) is 12.4 Å². The van der Waals surface area contributed by atoms with Crippen molar-refractivity contribution in [3.63, 3.8) is 0 Å². The van der Waals surface area contributed by atoms with E-state index >= 15 is 0 Å². The van der Waals surface area contributed by atoms with Crippen LogP contribution >= 0.6 is 0 Å². The summed E-state index contributed by atoms with van der Waals surface area (Å²) in [5.74, 6) is 0. The fraction of sp³-hybridized carbons (Fsp3) is 0.160. The van der Waals surface area contributed by atoms with Gasteiger partial charge in [-0.25, -0.2) is 0 Å². The smallest absolute Gasteiger partial charge is 0.0651 e. The van der Waals surface area contributed by atoms with Crippen LogP contribution < -0.4 is 10.6 Å². The first kappa shape index (κ1) is 16.5. The zero-order chi connectivity index (χ0) is 18.1. The highest BCUT2D eigenvalue weighted by atomic mass is 14.7. The second-order valence-electron chi connectivity index (χ2n) is 7.29. The summed E-state index contributed by atoms with van der Waals surface area (Å²) in [6.07, 6.45) is 13.1. The number of aryl methyl sites for hydroxylation is 1. The monoisotopic (exact) mass is 337 g/mol. The van der Waals surface area contributed by atoms with Crippen molar-refractivity contribution in [2.24, 2.45) is 4.99 Å². The average Bonchev–Trinajstić information content (AvgIpc) is 2.83. The Bertz CT molecular complexity index is 1100. The van der Waals surface area contributed by atoms with Crippen molar-refractivity contribution >= 4 is 11.6 Å². The molecule has 1 heteroatoms. The number of allylic oxidation sites excluding steroid dienone is 6. The van der Waals surface area contributed by atoms with E-state index in [0.29, 0.717) is 6.54 Å². The third kappa shape index (κ3) is 2.90. The maximum atomic E-state index is 4.61. The number of benzene rings is 2. The molecular formula is C25H23N. The third-order valence-corrected chi connectivity index (χ3v) is 5.24. The molecule has 1 heterocycles. The molecule has 1 aliphatic heterocycles. The molecule has 128 valence electrons. The Labute approximate surface area is 155 Å². The van der Waals surface area contributed by atoms with Gasteiger partial charge in [-0.05, 0) is 54.3 Å². The summed E-state index contributed by atoms with van der Waals surface area (Å²) >= 11 is 0. The van der Waals surface area contributed by atoms with E-state index in [0.717, 1.165) is 16.1 Å². The number of fused-ring (bicyclic) bond motifs is 1. The lowest BCUT2D eigenvalue weighted by Crippen LogP contribution is -2.30. The van der Waals surface area contributed by atoms with E-state index in [-0.39, 0.29) is 5.41 Å². The molecule has 0 saturated carbocycles. The highest BCUT2D eigenvalue weighted by molar-refractivity contribution is 5.79. The standard InChI is InChI=1S/C25H23N/c1-18-8-7-9-22(15-18)25(3)13-6-4-5-10-23(25)20-11-12-24-21(16-20)14-19(2)17-26-24/h4-16H,2,17H2,1,3H3. The molecule has 1 atom stereocenters. The Morgan fingerprint density at radius 2 is 1.92 bits per heavy atom. The van der Waals surface area contributed by atoms with Gasteiger partial charge in [0.1, 0.15) is 0 Å². The van der Waals surface area contributed by atoms with Gasteiger partial charge in [0.05, 0.1) is 11.9 Å². The van der Waals surface area contributed by atoms with Gasteiger partial charge in [-0.1, -0.05) is 72.9 Å². The highest BCUT2D eigenvalue weighted by Gasteiger charge is 2.29. The van der Waals surface area contributed by atoms with Gasteiger partial charge in [0.2, 0.25) is 0 Å². The molecular weight excluding hydrogens is 314 g/mol. The van der Waals surface area contributed by atoms with Gasteiger partial charge in [-0.3, -0.25) is 4.99 Å². The van der Waals surface area contributed by atoms with Crippen molar-refractivity contribution < 1.29 is 0 Å². The fourth-order valence-electron chi connectivity index (χ4n) is 3.78. The van der Waals surface area contributed by atoms with E-state index in [9.17, 15) is 0 Å². The summed E-state index contributed by atoms with van der Waals surface area (Å²) < 4.78 is 0. The highest BCUT2D eigenvalue weighted by Crippen LogP contribution is 2.40. The average molecular weight is 337 g/mol. The Kier molecular flexibility index (Phi) is 4.08. The van der Waals surface area contributed by atoms with Crippen molar-refractivity contribution in [1.29, 1.82) is 0 Å². The molecule has 0 bridgehead atoms. The summed E-state index contributed by atoms with van der Waals surface area (Å²) in [6.45, 7) is 9.21. The molecule has 2 aromatic carbocycles. The quantitative estimate of drug-likeness (QED) is 0.769. The molecule has 1 unspecified atom stereocenters. The summed E-state index contributed by atoms with van der Waals surface area (Å²) in [7, 11) is 0. The van der Waals surface area contributed by atoms with E-state index in [4.69, 9.17) is 0 Å². The minimum Gasteiger partial charge on any atom is -0.280 e. The van der Waals surface area contributed by atoms with Gasteiger partial charge in [0.15, 0.2) is 0 Å². The van der Waals surface area contributed by atoms with Crippen LogP contribution in [0.15, 0.2) is 90.0 Å². The maximum absolute atomic E-state index is 4.61. The van der Waals surface area contributed by atoms with Crippen molar-refractivity contribution in [3.8, 4) is 0 Å². The molecule has 2 aromatic rings. The van der Waals surface area contributed by atoms with Crippen LogP contribution in [0, 0.1) is 6.92 Å². The molecule has 1 aliphatic carbocycles. The Balaban J connectivity index is 1.91. The van der Waals surface area contributed by atoms with Gasteiger partial charge in [0, 0.05) is 10.6 Å². The molecule has 0 amide bonds. The number of hydrogen-bond acceptors (Lipinski definition) is 1. The van der Waals surface area contributed by atoms with E-state index < -0.39 is 0 Å². The minimum absolute atomic E-state index is 0.188. The van der Waals surface area contributed by atoms with E-state index in [1.807, 2.05) is 0 Å². The van der Waals surface area contributed by atoms with Crippen molar-refractivity contribution in [2.75, 3.05) is 6.54 Å². The second-order valence-corrected chi connectivity index (χ2v) is 7.29. The first-order valence-electron chi connectivity index (χ1n) is 9.04. The second kappa shape index (κ2) is 6.42. The summed E-state index contributed by atoms with van der Waals surface area (Å²) in [5, 5.41) is 2.21. The molecule has 0 aromatic heterocycles. The minimum atomic E-state index is -0.188. The third-order valence-electron chi connectivity index (χ3n) is 5.24. The first-order valence-corrected chi connectivity index (χ1v) is 9.04. The van der Waals surface area contributed by atoms with E-state index in [2.05, 4.69) is 104 Å². The summed E-state index contributed by atoms with van der Waals surface area (Å²) in [4.78, 5) is 4.61. The predicted octanol–water partition coefficient (Wildman–Crippen LogP) is 4.43. The number of nitrogens with zero attached hydrogens (tertiary/aromatic N) is 1. The van der Waals surface area contributed by atoms with Crippen LogP contribution in [-0.4, -0.2) is 6.54 Å². The van der Waals surface area contributed by atoms with Crippen LogP contribution in [0.4, 0.5) is 0 Å². The van der Waals surface area contributed by atoms with Gasteiger partial charge < -0.3 is 0 Å². The lowest BCUT2D eigenvalue weighted by atomic mass is 9.72. The SMILES string of the molecule is C=C1C=c2cc(C3=CC=CC=CC3(C)c3cccc(C)c3)ccc2=NC1. The Morgan fingerprint density at radius 3 is 2.77 bits per heavy atom. The molecule has 0 spiro atoms. The van der Waals surface area contributed by atoms with Gasteiger partial charge in [-0.2, -0.15) is 0 Å². The van der Waals surface area contributed by atoms with Crippen LogP contribution in [-0.2, 0) is 5.41 Å².